The molecule has 94 valence electrons. The molecule has 1 aromatic carbocycles. The molecule has 0 fully saturated rings. The lowest BCUT2D eigenvalue weighted by Crippen LogP contribution is -2.02. The van der Waals surface area contributed by atoms with Crippen molar-refractivity contribution in [3.05, 3.63) is 42.0 Å². The van der Waals surface area contributed by atoms with Gasteiger partial charge in [-0.15, -0.1) is 0 Å². The average molecular weight is 246 g/mol. The Hall–Kier alpha value is -2.36. The highest BCUT2D eigenvalue weighted by molar-refractivity contribution is 5.71. The fourth-order valence-electron chi connectivity index (χ4n) is 1.30. The van der Waals surface area contributed by atoms with Crippen molar-refractivity contribution in [1.29, 1.82) is 0 Å². The van der Waals surface area contributed by atoms with Crippen molar-refractivity contribution in [2.45, 2.75) is 6.92 Å². The van der Waals surface area contributed by atoms with E-state index in [1.807, 2.05) is 0 Å². The van der Waals surface area contributed by atoms with E-state index in [2.05, 4.69) is 0 Å². The van der Waals surface area contributed by atoms with Crippen LogP contribution in [0.4, 0.5) is 0 Å². The molecule has 0 atom stereocenters. The van der Waals surface area contributed by atoms with Gasteiger partial charge in [-0.1, -0.05) is 24.3 Å². The molecule has 18 heavy (non-hydrogen) atoms. The Balaban J connectivity index is 2.90. The molecule has 4 heteroatoms. The number of esters is 1. The zero-order valence-electron chi connectivity index (χ0n) is 10.3. The lowest BCUT2D eigenvalue weighted by atomic mass is 10.2. The standard InChI is InChI=1S/C14H14O4/c1-11(16)18-13-8-7-12(10-14(13)17-2)6-4-3-5-9-15/h3-10H,1-2H3. The average Bonchev–Trinajstić information content (AvgIpc) is 2.35. The first-order valence-corrected chi connectivity index (χ1v) is 5.32. The smallest absolute Gasteiger partial charge is 0.308 e. The van der Waals surface area contributed by atoms with E-state index in [4.69, 9.17) is 9.47 Å². The molecule has 0 aliphatic heterocycles. The minimum absolute atomic E-state index is 0.380. The molecule has 0 aromatic heterocycles. The lowest BCUT2D eigenvalue weighted by molar-refractivity contribution is -0.132. The summed E-state index contributed by atoms with van der Waals surface area (Å²) in [5.41, 5.74) is 0.873. The van der Waals surface area contributed by atoms with Crippen LogP contribution in [-0.4, -0.2) is 19.4 Å². The maximum absolute atomic E-state index is 10.9. The summed E-state index contributed by atoms with van der Waals surface area (Å²) in [6.45, 7) is 1.33. The van der Waals surface area contributed by atoms with Crippen LogP contribution in [0.15, 0.2) is 36.4 Å². The summed E-state index contributed by atoms with van der Waals surface area (Å²) in [6, 6.07) is 5.18. The van der Waals surface area contributed by atoms with Crippen molar-refractivity contribution in [3.8, 4) is 11.5 Å². The van der Waals surface area contributed by atoms with E-state index in [9.17, 15) is 9.59 Å². The first kappa shape index (κ1) is 13.7. The van der Waals surface area contributed by atoms with Gasteiger partial charge in [0.25, 0.3) is 0 Å². The maximum atomic E-state index is 10.9. The van der Waals surface area contributed by atoms with Gasteiger partial charge in [-0.25, -0.2) is 0 Å². The number of aldehydes is 1. The number of methoxy groups -OCH3 is 1. The molecule has 0 N–H and O–H groups in total. The van der Waals surface area contributed by atoms with Crippen LogP contribution in [-0.2, 0) is 9.59 Å². The molecule has 0 bridgehead atoms. The molecule has 4 nitrogen and oxygen atoms in total. The molecule has 0 amide bonds. The molecule has 0 spiro atoms. The van der Waals surface area contributed by atoms with Crippen LogP contribution in [0.5, 0.6) is 11.5 Å². The quantitative estimate of drug-likeness (QED) is 0.263. The van der Waals surface area contributed by atoms with Gasteiger partial charge in [0.05, 0.1) is 7.11 Å². The molecule has 0 saturated carbocycles. The van der Waals surface area contributed by atoms with Crippen LogP contribution in [0.3, 0.4) is 0 Å². The van der Waals surface area contributed by atoms with Gasteiger partial charge >= 0.3 is 5.97 Å². The summed E-state index contributed by atoms with van der Waals surface area (Å²) in [5, 5.41) is 0. The molecule has 1 rings (SSSR count). The molecule has 0 heterocycles. The van der Waals surface area contributed by atoms with Crippen LogP contribution < -0.4 is 9.47 Å². The third kappa shape index (κ3) is 4.25. The third-order valence-electron chi connectivity index (χ3n) is 2.03. The minimum Gasteiger partial charge on any atom is -0.493 e. The summed E-state index contributed by atoms with van der Waals surface area (Å²) in [7, 11) is 1.50. The second-order valence-electron chi connectivity index (χ2n) is 3.38. The van der Waals surface area contributed by atoms with Crippen LogP contribution in [0.2, 0.25) is 0 Å². The van der Waals surface area contributed by atoms with Crippen molar-refractivity contribution < 1.29 is 19.1 Å². The predicted octanol–water partition coefficient (Wildman–Crippen LogP) is 2.39. The van der Waals surface area contributed by atoms with E-state index in [0.717, 1.165) is 5.56 Å². The fraction of sp³-hybridized carbons (Fsp3) is 0.143. The Bertz CT molecular complexity index is 487. The number of ether oxygens (including phenoxy) is 2. The Morgan fingerprint density at radius 2 is 1.94 bits per heavy atom. The van der Waals surface area contributed by atoms with E-state index >= 15 is 0 Å². The van der Waals surface area contributed by atoms with Gasteiger partial charge in [0.2, 0.25) is 0 Å². The van der Waals surface area contributed by atoms with Gasteiger partial charge in [0.1, 0.15) is 6.29 Å². The zero-order chi connectivity index (χ0) is 13.4. The molecule has 0 aliphatic rings. The van der Waals surface area contributed by atoms with E-state index in [1.54, 1.807) is 36.4 Å². The highest BCUT2D eigenvalue weighted by atomic mass is 16.6. The second kappa shape index (κ2) is 7.06. The first-order valence-electron chi connectivity index (χ1n) is 5.32. The number of hydrogen-bond acceptors (Lipinski definition) is 4. The molecular formula is C14H14O4. The van der Waals surface area contributed by atoms with Gasteiger partial charge in [-0.3, -0.25) is 9.59 Å². The maximum Gasteiger partial charge on any atom is 0.308 e. The molecule has 0 unspecified atom stereocenters. The van der Waals surface area contributed by atoms with Gasteiger partial charge in [-0.05, 0) is 23.8 Å². The Labute approximate surface area is 106 Å². The van der Waals surface area contributed by atoms with Crippen molar-refractivity contribution >= 4 is 18.3 Å². The summed E-state index contributed by atoms with van der Waals surface area (Å²) in [5.74, 6) is 0.461. The zero-order valence-corrected chi connectivity index (χ0v) is 10.3. The molecule has 0 saturated heterocycles. The Kier molecular flexibility index (Phi) is 5.38. The van der Waals surface area contributed by atoms with Crippen molar-refractivity contribution in [3.63, 3.8) is 0 Å². The topological polar surface area (TPSA) is 52.6 Å². The summed E-state index contributed by atoms with van der Waals surface area (Å²) < 4.78 is 10.1. The monoisotopic (exact) mass is 246 g/mol. The first-order chi connectivity index (χ1) is 8.67. The summed E-state index contributed by atoms with van der Waals surface area (Å²) in [6.07, 6.45) is 7.25. The van der Waals surface area contributed by atoms with E-state index in [-0.39, 0.29) is 0 Å². The van der Waals surface area contributed by atoms with Crippen molar-refractivity contribution in [2.75, 3.05) is 7.11 Å². The molecule has 1 aromatic rings. The number of benzene rings is 1. The van der Waals surface area contributed by atoms with Crippen LogP contribution in [0.25, 0.3) is 6.08 Å². The van der Waals surface area contributed by atoms with Crippen LogP contribution in [0.1, 0.15) is 12.5 Å². The van der Waals surface area contributed by atoms with Gasteiger partial charge in [-0.2, -0.15) is 0 Å². The summed E-state index contributed by atoms with van der Waals surface area (Å²) >= 11 is 0. The SMILES string of the molecule is COc1cc(C=CC=CC=O)ccc1OC(C)=O. The summed E-state index contributed by atoms with van der Waals surface area (Å²) in [4.78, 5) is 21.0. The lowest BCUT2D eigenvalue weighted by Gasteiger charge is -2.08. The molecular weight excluding hydrogens is 232 g/mol. The minimum atomic E-state index is -0.398. The van der Waals surface area contributed by atoms with E-state index in [1.165, 1.54) is 20.1 Å². The van der Waals surface area contributed by atoms with Crippen LogP contribution >= 0.6 is 0 Å². The van der Waals surface area contributed by atoms with Crippen molar-refractivity contribution in [1.82, 2.24) is 0 Å². The molecule has 0 aliphatic carbocycles. The second-order valence-corrected chi connectivity index (χ2v) is 3.38. The van der Waals surface area contributed by atoms with Crippen LogP contribution in [0, 0.1) is 0 Å². The normalized spacial score (nSPS) is 10.8. The Morgan fingerprint density at radius 1 is 1.17 bits per heavy atom. The highest BCUT2D eigenvalue weighted by Gasteiger charge is 2.06. The number of carbonyl (C=O) groups excluding carboxylic acids is 2. The number of rotatable bonds is 5. The van der Waals surface area contributed by atoms with Crippen molar-refractivity contribution in [2.24, 2.45) is 0 Å². The number of carbonyl (C=O) groups is 2. The van der Waals surface area contributed by atoms with E-state index in [0.29, 0.717) is 17.8 Å². The van der Waals surface area contributed by atoms with Gasteiger partial charge in [0, 0.05) is 6.92 Å². The third-order valence-corrected chi connectivity index (χ3v) is 2.03. The number of allylic oxidation sites excluding steroid dienone is 3. The largest absolute Gasteiger partial charge is 0.493 e. The molecule has 0 radical (unpaired) electrons. The predicted molar refractivity (Wildman–Crippen MR) is 68.5 cm³/mol. The van der Waals surface area contributed by atoms with Gasteiger partial charge < -0.3 is 9.47 Å². The van der Waals surface area contributed by atoms with E-state index < -0.39 is 5.97 Å². The van der Waals surface area contributed by atoms with Gasteiger partial charge in [0.15, 0.2) is 11.5 Å². The Morgan fingerprint density at radius 3 is 2.56 bits per heavy atom. The fourth-order valence-corrected chi connectivity index (χ4v) is 1.30. The number of hydrogen-bond donors (Lipinski definition) is 0. The highest BCUT2D eigenvalue weighted by Crippen LogP contribution is 2.28.